The number of carbonyl (C=O) groups excluding carboxylic acids is 1. The summed E-state index contributed by atoms with van der Waals surface area (Å²) >= 11 is 0. The van der Waals surface area contributed by atoms with Gasteiger partial charge in [0.05, 0.1) is 6.54 Å². The predicted molar refractivity (Wildman–Crippen MR) is 80.5 cm³/mol. The van der Waals surface area contributed by atoms with Crippen molar-refractivity contribution >= 4 is 17.5 Å². The number of aromatic nitrogens is 2. The van der Waals surface area contributed by atoms with Crippen molar-refractivity contribution in [1.29, 1.82) is 0 Å². The van der Waals surface area contributed by atoms with E-state index in [0.717, 1.165) is 11.4 Å². The number of aryl methyl sites for hydroxylation is 1. The third kappa shape index (κ3) is 3.57. The van der Waals surface area contributed by atoms with Crippen molar-refractivity contribution < 1.29 is 4.79 Å². The van der Waals surface area contributed by atoms with E-state index >= 15 is 0 Å². The van der Waals surface area contributed by atoms with Crippen LogP contribution < -0.4 is 16.2 Å². The lowest BCUT2D eigenvalue weighted by Gasteiger charge is -2.25. The Bertz CT molecular complexity index is 474. The number of likely N-dealkylation sites (N-methyl/N-ethyl adjacent to an activating group) is 2. The van der Waals surface area contributed by atoms with Gasteiger partial charge in [0.1, 0.15) is 17.5 Å². The van der Waals surface area contributed by atoms with Crippen LogP contribution in [-0.4, -0.2) is 48.0 Å². The van der Waals surface area contributed by atoms with Gasteiger partial charge in [-0.2, -0.15) is 0 Å². The van der Waals surface area contributed by atoms with Gasteiger partial charge in [-0.05, 0) is 13.8 Å². The van der Waals surface area contributed by atoms with E-state index < -0.39 is 0 Å². The number of anilines is 2. The summed E-state index contributed by atoms with van der Waals surface area (Å²) in [5, 5.41) is 0. The molecular formula is C13H24N6O. The minimum Gasteiger partial charge on any atom is -0.347 e. The van der Waals surface area contributed by atoms with E-state index in [0.29, 0.717) is 24.6 Å². The van der Waals surface area contributed by atoms with Gasteiger partial charge in [0, 0.05) is 32.6 Å². The lowest BCUT2D eigenvalue weighted by atomic mass is 10.2. The van der Waals surface area contributed by atoms with Crippen molar-refractivity contribution in [2.75, 3.05) is 37.5 Å². The van der Waals surface area contributed by atoms with Crippen LogP contribution in [0.15, 0.2) is 0 Å². The molecule has 7 heteroatoms. The number of hydrazine groups is 1. The summed E-state index contributed by atoms with van der Waals surface area (Å²) in [6.45, 7) is 6.84. The summed E-state index contributed by atoms with van der Waals surface area (Å²) < 4.78 is 0. The Hall–Kier alpha value is -1.89. The van der Waals surface area contributed by atoms with E-state index in [4.69, 9.17) is 5.84 Å². The van der Waals surface area contributed by atoms with Crippen LogP contribution in [0.25, 0.3) is 0 Å². The molecule has 20 heavy (non-hydrogen) atoms. The fourth-order valence-corrected chi connectivity index (χ4v) is 1.80. The van der Waals surface area contributed by atoms with Crippen molar-refractivity contribution in [3.05, 3.63) is 11.4 Å². The van der Waals surface area contributed by atoms with Gasteiger partial charge in [-0.25, -0.2) is 15.8 Å². The minimum absolute atomic E-state index is 0.0326. The molecule has 0 saturated heterocycles. The summed E-state index contributed by atoms with van der Waals surface area (Å²) in [7, 11) is 3.49. The standard InChI is InChI=1S/C13H24N6O/c1-6-10-15-12(17-14)9(3)13(16-10)19(7-2)8-11(20)18(4)5/h6-8,14H2,1-5H3,(H,15,16,17). The molecule has 1 heterocycles. The number of nitrogens with two attached hydrogens (primary N) is 1. The SMILES string of the molecule is CCc1nc(NN)c(C)c(N(CC)CC(=O)N(C)C)n1. The molecule has 3 N–H and O–H groups in total. The van der Waals surface area contributed by atoms with Gasteiger partial charge in [-0.1, -0.05) is 6.92 Å². The van der Waals surface area contributed by atoms with Crippen LogP contribution in [0.3, 0.4) is 0 Å². The Morgan fingerprint density at radius 2 is 1.95 bits per heavy atom. The van der Waals surface area contributed by atoms with Crippen LogP contribution in [-0.2, 0) is 11.2 Å². The molecule has 0 unspecified atom stereocenters. The molecule has 0 fully saturated rings. The Kier molecular flexibility index (Phi) is 5.69. The highest BCUT2D eigenvalue weighted by atomic mass is 16.2. The van der Waals surface area contributed by atoms with Gasteiger partial charge in [0.15, 0.2) is 0 Å². The Labute approximate surface area is 120 Å². The fourth-order valence-electron chi connectivity index (χ4n) is 1.80. The molecule has 0 radical (unpaired) electrons. The Morgan fingerprint density at radius 3 is 2.40 bits per heavy atom. The second kappa shape index (κ2) is 7.04. The highest BCUT2D eigenvalue weighted by Gasteiger charge is 2.18. The van der Waals surface area contributed by atoms with E-state index in [1.165, 1.54) is 0 Å². The number of nitrogen functional groups attached to an aromatic ring is 1. The normalized spacial score (nSPS) is 10.3. The van der Waals surface area contributed by atoms with Crippen LogP contribution in [0.4, 0.5) is 11.6 Å². The van der Waals surface area contributed by atoms with Crippen molar-refractivity contribution in [2.24, 2.45) is 5.84 Å². The second-order valence-corrected chi connectivity index (χ2v) is 4.74. The number of nitrogens with zero attached hydrogens (tertiary/aromatic N) is 4. The maximum Gasteiger partial charge on any atom is 0.241 e. The number of nitrogens with one attached hydrogen (secondary N) is 1. The monoisotopic (exact) mass is 280 g/mol. The van der Waals surface area contributed by atoms with E-state index in [1.54, 1.807) is 19.0 Å². The molecule has 0 aliphatic rings. The molecule has 0 spiro atoms. The maximum atomic E-state index is 11.9. The molecule has 1 aromatic rings. The van der Waals surface area contributed by atoms with Crippen LogP contribution in [0.2, 0.25) is 0 Å². The molecule has 7 nitrogen and oxygen atoms in total. The number of amides is 1. The second-order valence-electron chi connectivity index (χ2n) is 4.74. The van der Waals surface area contributed by atoms with Crippen molar-refractivity contribution in [3.8, 4) is 0 Å². The van der Waals surface area contributed by atoms with Gasteiger partial charge >= 0.3 is 0 Å². The largest absolute Gasteiger partial charge is 0.347 e. The summed E-state index contributed by atoms with van der Waals surface area (Å²) in [6, 6.07) is 0. The summed E-state index contributed by atoms with van der Waals surface area (Å²) in [5.41, 5.74) is 3.44. The predicted octanol–water partition coefficient (Wildman–Crippen LogP) is 0.548. The first-order valence-corrected chi connectivity index (χ1v) is 6.73. The molecule has 0 aromatic carbocycles. The number of carbonyl (C=O) groups is 1. The first kappa shape index (κ1) is 16.2. The van der Waals surface area contributed by atoms with Gasteiger partial charge in [0.2, 0.25) is 5.91 Å². The minimum atomic E-state index is 0.0326. The topological polar surface area (TPSA) is 87.4 Å². The number of hydrogen-bond acceptors (Lipinski definition) is 6. The smallest absolute Gasteiger partial charge is 0.241 e. The highest BCUT2D eigenvalue weighted by molar-refractivity contribution is 5.81. The van der Waals surface area contributed by atoms with Gasteiger partial charge < -0.3 is 15.2 Å². The van der Waals surface area contributed by atoms with Crippen molar-refractivity contribution in [2.45, 2.75) is 27.2 Å². The molecule has 112 valence electrons. The van der Waals surface area contributed by atoms with Gasteiger partial charge in [0.25, 0.3) is 0 Å². The van der Waals surface area contributed by atoms with Crippen molar-refractivity contribution in [1.82, 2.24) is 14.9 Å². The first-order chi connectivity index (χ1) is 9.44. The Balaban J connectivity index is 3.16. The van der Waals surface area contributed by atoms with Gasteiger partial charge in [-0.15, -0.1) is 0 Å². The van der Waals surface area contributed by atoms with Crippen LogP contribution in [0.1, 0.15) is 25.2 Å². The molecule has 1 amide bonds. The molecule has 0 bridgehead atoms. The van der Waals surface area contributed by atoms with Crippen LogP contribution >= 0.6 is 0 Å². The zero-order valence-corrected chi connectivity index (χ0v) is 12.9. The Morgan fingerprint density at radius 1 is 1.30 bits per heavy atom. The molecular weight excluding hydrogens is 256 g/mol. The molecule has 0 aliphatic carbocycles. The van der Waals surface area contributed by atoms with Crippen molar-refractivity contribution in [3.63, 3.8) is 0 Å². The molecule has 1 aromatic heterocycles. The third-order valence-corrected chi connectivity index (χ3v) is 3.13. The molecule has 0 saturated carbocycles. The zero-order valence-electron chi connectivity index (χ0n) is 12.9. The average Bonchev–Trinajstić information content (AvgIpc) is 2.44. The molecule has 0 aliphatic heterocycles. The quantitative estimate of drug-likeness (QED) is 0.584. The first-order valence-electron chi connectivity index (χ1n) is 6.73. The summed E-state index contributed by atoms with van der Waals surface area (Å²) in [5.74, 6) is 7.59. The number of hydrogen-bond donors (Lipinski definition) is 2. The summed E-state index contributed by atoms with van der Waals surface area (Å²) in [6.07, 6.45) is 0.709. The van der Waals surface area contributed by atoms with Crippen LogP contribution in [0, 0.1) is 6.92 Å². The van der Waals surface area contributed by atoms with Gasteiger partial charge in [-0.3, -0.25) is 4.79 Å². The fraction of sp³-hybridized carbons (Fsp3) is 0.615. The van der Waals surface area contributed by atoms with Crippen LogP contribution in [0.5, 0.6) is 0 Å². The molecule has 1 rings (SSSR count). The van der Waals surface area contributed by atoms with E-state index in [2.05, 4.69) is 15.4 Å². The lowest BCUT2D eigenvalue weighted by molar-refractivity contribution is -0.127. The maximum absolute atomic E-state index is 11.9. The van der Waals surface area contributed by atoms with E-state index in [-0.39, 0.29) is 12.5 Å². The van der Waals surface area contributed by atoms with E-state index in [9.17, 15) is 4.79 Å². The summed E-state index contributed by atoms with van der Waals surface area (Å²) in [4.78, 5) is 24.3. The average molecular weight is 280 g/mol. The molecule has 0 atom stereocenters. The van der Waals surface area contributed by atoms with E-state index in [1.807, 2.05) is 25.7 Å². The highest BCUT2D eigenvalue weighted by Crippen LogP contribution is 2.23. The third-order valence-electron chi connectivity index (χ3n) is 3.13. The lowest BCUT2D eigenvalue weighted by Crippen LogP contribution is -2.37. The number of rotatable bonds is 6. The zero-order chi connectivity index (χ0) is 15.3.